The number of rotatable bonds is 5. The van der Waals surface area contributed by atoms with Crippen LogP contribution >= 0.6 is 0 Å². The Balaban J connectivity index is 1.18. The van der Waals surface area contributed by atoms with Gasteiger partial charge in [-0.2, -0.15) is 0 Å². The Morgan fingerprint density at radius 3 is 1.48 bits per heavy atom. The fraction of sp³-hybridized carbons (Fsp3) is 0. The zero-order valence-electron chi connectivity index (χ0n) is 29.1. The van der Waals surface area contributed by atoms with Crippen molar-refractivity contribution in [3.63, 3.8) is 0 Å². The van der Waals surface area contributed by atoms with Gasteiger partial charge in [0.1, 0.15) is 0 Å². The molecular formula is C49H31N5. The van der Waals surface area contributed by atoms with Crippen molar-refractivity contribution in [1.29, 1.82) is 0 Å². The summed E-state index contributed by atoms with van der Waals surface area (Å²) < 4.78 is 4.71. The lowest BCUT2D eigenvalue weighted by molar-refractivity contribution is 1.08. The van der Waals surface area contributed by atoms with Crippen LogP contribution in [-0.4, -0.2) is 24.1 Å². The third-order valence-corrected chi connectivity index (χ3v) is 10.6. The summed E-state index contributed by atoms with van der Waals surface area (Å²) in [6.45, 7) is 0. The lowest BCUT2D eigenvalue weighted by atomic mass is 10.0. The van der Waals surface area contributed by atoms with Crippen LogP contribution in [0.2, 0.25) is 0 Å². The maximum atomic E-state index is 5.34. The van der Waals surface area contributed by atoms with E-state index in [0.717, 1.165) is 60.6 Å². The first kappa shape index (κ1) is 30.3. The molecule has 3 aromatic heterocycles. The van der Waals surface area contributed by atoms with E-state index >= 15 is 0 Å². The molecule has 0 bridgehead atoms. The summed E-state index contributed by atoms with van der Waals surface area (Å²) in [5, 5.41) is 6.93. The molecule has 0 amide bonds. The molecule has 54 heavy (non-hydrogen) atoms. The quantitative estimate of drug-likeness (QED) is 0.181. The smallest absolute Gasteiger partial charge is 0.164 e. The summed E-state index contributed by atoms with van der Waals surface area (Å²) in [4.78, 5) is 15.8. The van der Waals surface area contributed by atoms with E-state index in [0.29, 0.717) is 17.5 Å². The average molecular weight is 690 g/mol. The Labute approximate surface area is 311 Å². The number of fused-ring (bicyclic) bond motifs is 7. The van der Waals surface area contributed by atoms with Crippen molar-refractivity contribution >= 4 is 54.4 Å². The molecule has 11 rings (SSSR count). The molecule has 8 aromatic carbocycles. The van der Waals surface area contributed by atoms with Crippen molar-refractivity contribution in [2.24, 2.45) is 0 Å². The van der Waals surface area contributed by atoms with Crippen molar-refractivity contribution in [3.8, 4) is 45.5 Å². The van der Waals surface area contributed by atoms with Gasteiger partial charge < -0.3 is 9.13 Å². The Kier molecular flexibility index (Phi) is 6.79. The average Bonchev–Trinajstić information content (AvgIpc) is 3.77. The van der Waals surface area contributed by atoms with Gasteiger partial charge in [0.2, 0.25) is 0 Å². The summed E-state index contributed by atoms with van der Waals surface area (Å²) in [6.07, 6.45) is 0. The highest BCUT2D eigenvalue weighted by atomic mass is 15.0. The SMILES string of the molecule is c1ccc(-c2nc(-c3ccc(-n4c5ccccc5c5ccccc54)c4ccccc34)nc(-c3cccc4c3c3ccccc3n4-c3ccccc3)n2)cc1. The maximum Gasteiger partial charge on any atom is 0.164 e. The number of para-hydroxylation sites is 4. The largest absolute Gasteiger partial charge is 0.309 e. The molecular weight excluding hydrogens is 659 g/mol. The van der Waals surface area contributed by atoms with Crippen LogP contribution in [0.1, 0.15) is 0 Å². The van der Waals surface area contributed by atoms with Gasteiger partial charge in [-0.3, -0.25) is 0 Å². The summed E-state index contributed by atoms with van der Waals surface area (Å²) in [5.74, 6) is 1.90. The maximum absolute atomic E-state index is 5.34. The van der Waals surface area contributed by atoms with Crippen molar-refractivity contribution in [3.05, 3.63) is 188 Å². The van der Waals surface area contributed by atoms with Gasteiger partial charge in [0.25, 0.3) is 0 Å². The van der Waals surface area contributed by atoms with Gasteiger partial charge in [-0.15, -0.1) is 0 Å². The van der Waals surface area contributed by atoms with Crippen molar-refractivity contribution in [2.75, 3.05) is 0 Å². The van der Waals surface area contributed by atoms with E-state index in [1.165, 1.54) is 21.8 Å². The van der Waals surface area contributed by atoms with Gasteiger partial charge in [0, 0.05) is 49.3 Å². The molecule has 0 aliphatic rings. The molecule has 0 fully saturated rings. The zero-order chi connectivity index (χ0) is 35.6. The van der Waals surface area contributed by atoms with Gasteiger partial charge in [-0.05, 0) is 53.9 Å². The Morgan fingerprint density at radius 1 is 0.296 bits per heavy atom. The highest BCUT2D eigenvalue weighted by Gasteiger charge is 2.21. The molecule has 0 spiro atoms. The molecule has 3 heterocycles. The predicted molar refractivity (Wildman–Crippen MR) is 222 cm³/mol. The minimum atomic E-state index is 0.632. The molecule has 252 valence electrons. The molecule has 0 N–H and O–H groups in total. The first-order valence-corrected chi connectivity index (χ1v) is 18.2. The first-order valence-electron chi connectivity index (χ1n) is 18.2. The van der Waals surface area contributed by atoms with E-state index in [2.05, 4.69) is 179 Å². The second-order valence-electron chi connectivity index (χ2n) is 13.6. The summed E-state index contributed by atoms with van der Waals surface area (Å²) in [6, 6.07) is 66.0. The fourth-order valence-corrected chi connectivity index (χ4v) is 8.25. The topological polar surface area (TPSA) is 48.5 Å². The number of hydrogen-bond acceptors (Lipinski definition) is 3. The molecule has 0 saturated heterocycles. The fourth-order valence-electron chi connectivity index (χ4n) is 8.25. The van der Waals surface area contributed by atoms with E-state index in [1.807, 2.05) is 18.2 Å². The molecule has 0 unspecified atom stereocenters. The van der Waals surface area contributed by atoms with E-state index in [9.17, 15) is 0 Å². The summed E-state index contributed by atoms with van der Waals surface area (Å²) in [7, 11) is 0. The molecule has 0 radical (unpaired) electrons. The lowest BCUT2D eigenvalue weighted by Gasteiger charge is -2.15. The number of aromatic nitrogens is 5. The standard InChI is InChI=1S/C49H31N5/c1-3-16-32(17-4-1)47-50-48(52-49(51-47)40-25-15-29-45-46(40)39-24-11-14-28-43(39)53(45)33-18-5-2-6-19-33)38-30-31-44(35-21-8-7-20-34(35)38)54-41-26-12-9-22-36(41)37-23-10-13-27-42(37)54/h1-31H. The van der Waals surface area contributed by atoms with Gasteiger partial charge in [-0.1, -0.05) is 140 Å². The van der Waals surface area contributed by atoms with E-state index in [-0.39, 0.29) is 0 Å². The monoisotopic (exact) mass is 689 g/mol. The van der Waals surface area contributed by atoms with Gasteiger partial charge in [0.15, 0.2) is 17.5 Å². The van der Waals surface area contributed by atoms with Gasteiger partial charge in [-0.25, -0.2) is 15.0 Å². The second-order valence-corrected chi connectivity index (χ2v) is 13.6. The number of benzene rings is 8. The van der Waals surface area contributed by atoms with Gasteiger partial charge in [0.05, 0.1) is 27.8 Å². The van der Waals surface area contributed by atoms with E-state index in [4.69, 9.17) is 15.0 Å². The lowest BCUT2D eigenvalue weighted by Crippen LogP contribution is -2.02. The molecule has 0 aliphatic heterocycles. The van der Waals surface area contributed by atoms with E-state index < -0.39 is 0 Å². The van der Waals surface area contributed by atoms with Crippen molar-refractivity contribution < 1.29 is 0 Å². The van der Waals surface area contributed by atoms with Crippen LogP contribution in [0.3, 0.4) is 0 Å². The van der Waals surface area contributed by atoms with Crippen LogP contribution in [0.4, 0.5) is 0 Å². The molecule has 0 aliphatic carbocycles. The molecule has 0 saturated carbocycles. The summed E-state index contributed by atoms with van der Waals surface area (Å²) in [5.41, 5.74) is 9.66. The zero-order valence-corrected chi connectivity index (χ0v) is 29.1. The second kappa shape index (κ2) is 12.1. The third-order valence-electron chi connectivity index (χ3n) is 10.6. The van der Waals surface area contributed by atoms with Crippen molar-refractivity contribution in [1.82, 2.24) is 24.1 Å². The predicted octanol–water partition coefficient (Wildman–Crippen LogP) is 12.2. The Bertz CT molecular complexity index is 3160. The van der Waals surface area contributed by atoms with Gasteiger partial charge >= 0.3 is 0 Å². The number of hydrogen-bond donors (Lipinski definition) is 0. The highest BCUT2D eigenvalue weighted by Crippen LogP contribution is 2.40. The molecule has 5 heteroatoms. The highest BCUT2D eigenvalue weighted by molar-refractivity contribution is 6.15. The van der Waals surface area contributed by atoms with Crippen LogP contribution in [0.5, 0.6) is 0 Å². The van der Waals surface area contributed by atoms with Crippen LogP contribution in [0.25, 0.3) is 99.9 Å². The molecule has 11 aromatic rings. The van der Waals surface area contributed by atoms with Crippen molar-refractivity contribution in [2.45, 2.75) is 0 Å². The molecule has 5 nitrogen and oxygen atoms in total. The normalized spacial score (nSPS) is 11.7. The minimum Gasteiger partial charge on any atom is -0.309 e. The Hall–Kier alpha value is -7.37. The first-order chi connectivity index (χ1) is 26.8. The number of nitrogens with zero attached hydrogens (tertiary/aromatic N) is 5. The third kappa shape index (κ3) is 4.62. The minimum absolute atomic E-state index is 0.632. The Morgan fingerprint density at radius 2 is 0.796 bits per heavy atom. The van der Waals surface area contributed by atoms with Crippen LogP contribution < -0.4 is 0 Å². The molecule has 0 atom stereocenters. The summed E-state index contributed by atoms with van der Waals surface area (Å²) >= 11 is 0. The van der Waals surface area contributed by atoms with Crippen LogP contribution in [-0.2, 0) is 0 Å². The van der Waals surface area contributed by atoms with Crippen LogP contribution in [0, 0.1) is 0 Å². The van der Waals surface area contributed by atoms with Crippen LogP contribution in [0.15, 0.2) is 188 Å². The van der Waals surface area contributed by atoms with E-state index in [1.54, 1.807) is 0 Å².